The first kappa shape index (κ1) is 15.5. The largest absolute Gasteiger partial charge is 0.416 e. The lowest BCUT2D eigenvalue weighted by Crippen LogP contribution is -2.27. The predicted octanol–water partition coefficient (Wildman–Crippen LogP) is 4.15. The van der Waals surface area contributed by atoms with Crippen LogP contribution in [0.25, 0.3) is 0 Å². The van der Waals surface area contributed by atoms with E-state index in [1.54, 1.807) is 13.8 Å². The van der Waals surface area contributed by atoms with Gasteiger partial charge < -0.3 is 4.90 Å². The molecule has 1 aromatic rings. The number of hydrogen-bond acceptors (Lipinski definition) is 5. The van der Waals surface area contributed by atoms with Gasteiger partial charge in [-0.25, -0.2) is 0 Å². The van der Waals surface area contributed by atoms with Gasteiger partial charge in [-0.2, -0.15) is 13.2 Å². The lowest BCUT2D eigenvalue weighted by molar-refractivity contribution is -0.393. The van der Waals surface area contributed by atoms with E-state index >= 15 is 0 Å². The molecule has 0 fully saturated rings. The van der Waals surface area contributed by atoms with Gasteiger partial charge in [0.2, 0.25) is 0 Å². The molecule has 0 amide bonds. The molecule has 0 N–H and O–H groups in total. The van der Waals surface area contributed by atoms with Gasteiger partial charge in [0, 0.05) is 25.2 Å². The molecular weight excluding hydrogens is 319 g/mol. The predicted molar refractivity (Wildman–Crippen MR) is 77.5 cm³/mol. The maximum absolute atomic E-state index is 13.1. The van der Waals surface area contributed by atoms with Crippen molar-refractivity contribution in [2.45, 2.75) is 32.9 Å². The second-order valence-electron chi connectivity index (χ2n) is 4.67. The Labute approximate surface area is 132 Å². The second kappa shape index (κ2) is 7.25. The highest BCUT2D eigenvalue weighted by Gasteiger charge is 2.38. The molecule has 0 saturated heterocycles. The third kappa shape index (κ3) is 4.30. The summed E-state index contributed by atoms with van der Waals surface area (Å²) in [5.41, 5.74) is -5.32. The molecule has 0 bridgehead atoms. The van der Waals surface area contributed by atoms with Gasteiger partial charge in [0.25, 0.3) is 11.4 Å². The van der Waals surface area contributed by atoms with Crippen LogP contribution in [0.5, 0.6) is 0 Å². The SMILES string of the molecule is [2H]c1c([N+](=O)[O-])c(N(CCC)CCC)c([N+](=O)[O-])c([2H])c1C(F)(F)F. The normalized spacial score (nSPS) is 12.6. The molecule has 23 heavy (non-hydrogen) atoms. The van der Waals surface area contributed by atoms with Gasteiger partial charge in [0.1, 0.15) is 0 Å². The minimum atomic E-state index is -5.30. The van der Waals surface area contributed by atoms with E-state index < -0.39 is 50.7 Å². The van der Waals surface area contributed by atoms with E-state index in [9.17, 15) is 33.4 Å². The molecular formula is C13H16F3N3O4. The molecule has 0 aromatic heterocycles. The van der Waals surface area contributed by atoms with Crippen LogP contribution in [0, 0.1) is 20.2 Å². The van der Waals surface area contributed by atoms with Crippen LogP contribution in [-0.2, 0) is 6.18 Å². The maximum Gasteiger partial charge on any atom is 0.416 e. The Morgan fingerprint density at radius 2 is 1.48 bits per heavy atom. The molecule has 128 valence electrons. The minimum Gasteiger partial charge on any atom is -0.360 e. The minimum absolute atomic E-state index is 0.0970. The van der Waals surface area contributed by atoms with Crippen LogP contribution >= 0.6 is 0 Å². The number of anilines is 1. The summed E-state index contributed by atoms with van der Waals surface area (Å²) < 4.78 is 54.5. The molecule has 0 aliphatic rings. The summed E-state index contributed by atoms with van der Waals surface area (Å²) in [6, 6.07) is -3.08. The van der Waals surface area contributed by atoms with Gasteiger partial charge in [-0.15, -0.1) is 0 Å². The number of alkyl halides is 3. The van der Waals surface area contributed by atoms with Crippen LogP contribution in [0.2, 0.25) is 0 Å². The smallest absolute Gasteiger partial charge is 0.360 e. The number of halogens is 3. The zero-order valence-corrected chi connectivity index (χ0v) is 12.4. The van der Waals surface area contributed by atoms with Crippen molar-refractivity contribution < 1.29 is 25.8 Å². The van der Waals surface area contributed by atoms with Crippen molar-refractivity contribution in [2.24, 2.45) is 0 Å². The first-order chi connectivity index (χ1) is 11.5. The van der Waals surface area contributed by atoms with Crippen LogP contribution in [0.1, 0.15) is 35.0 Å². The highest BCUT2D eigenvalue weighted by atomic mass is 19.4. The fraction of sp³-hybridized carbons (Fsp3) is 0.538. The van der Waals surface area contributed by atoms with Gasteiger partial charge in [-0.3, -0.25) is 20.2 Å². The molecule has 0 heterocycles. The molecule has 0 aliphatic heterocycles. The number of benzene rings is 1. The molecule has 0 saturated carbocycles. The highest BCUT2D eigenvalue weighted by Crippen LogP contribution is 2.43. The standard InChI is InChI=1S/C13H16F3N3O4/c1-3-5-17(6-4-2)12-10(18(20)21)7-9(13(14,15)16)8-11(12)19(22)23/h7-8H,3-6H2,1-2H3/i7D,8D. The first-order valence-electron chi connectivity index (χ1n) is 7.76. The summed E-state index contributed by atoms with van der Waals surface area (Å²) in [5.74, 6) is 0. The summed E-state index contributed by atoms with van der Waals surface area (Å²) in [7, 11) is 0. The highest BCUT2D eigenvalue weighted by molar-refractivity contribution is 5.76. The van der Waals surface area contributed by atoms with Gasteiger partial charge >= 0.3 is 6.18 Å². The lowest BCUT2D eigenvalue weighted by Gasteiger charge is -2.23. The Balaban J connectivity index is 4.04. The molecule has 0 atom stereocenters. The van der Waals surface area contributed by atoms with Gasteiger partial charge in [0.05, 0.1) is 18.2 Å². The van der Waals surface area contributed by atoms with Crippen LogP contribution in [-0.4, -0.2) is 22.9 Å². The Morgan fingerprint density at radius 1 is 1.09 bits per heavy atom. The number of nitro benzene ring substituents is 2. The molecule has 10 heteroatoms. The fourth-order valence-corrected chi connectivity index (χ4v) is 2.08. The van der Waals surface area contributed by atoms with E-state index in [2.05, 4.69) is 0 Å². The van der Waals surface area contributed by atoms with Crippen LogP contribution in [0.3, 0.4) is 0 Å². The van der Waals surface area contributed by atoms with Crippen molar-refractivity contribution in [3.05, 3.63) is 37.9 Å². The van der Waals surface area contributed by atoms with Crippen molar-refractivity contribution in [3.8, 4) is 0 Å². The molecule has 1 rings (SSSR count). The van der Waals surface area contributed by atoms with E-state index in [-0.39, 0.29) is 13.1 Å². The fourth-order valence-electron chi connectivity index (χ4n) is 2.08. The molecule has 0 radical (unpaired) electrons. The van der Waals surface area contributed by atoms with Gasteiger partial charge in [0.15, 0.2) is 5.69 Å². The van der Waals surface area contributed by atoms with Gasteiger partial charge in [-0.05, 0) is 12.8 Å². The Bertz CT molecular complexity index is 651. The lowest BCUT2D eigenvalue weighted by atomic mass is 10.1. The Kier molecular flexibility index (Phi) is 4.89. The number of hydrogen-bond donors (Lipinski definition) is 0. The summed E-state index contributed by atoms with van der Waals surface area (Å²) >= 11 is 0. The number of rotatable bonds is 7. The monoisotopic (exact) mass is 337 g/mol. The van der Waals surface area contributed by atoms with Crippen molar-refractivity contribution >= 4 is 17.1 Å². The van der Waals surface area contributed by atoms with E-state index in [4.69, 9.17) is 2.74 Å². The number of nitro groups is 2. The Morgan fingerprint density at radius 3 is 1.74 bits per heavy atom. The summed E-state index contributed by atoms with van der Waals surface area (Å²) in [4.78, 5) is 21.4. The molecule has 7 nitrogen and oxygen atoms in total. The molecule has 0 spiro atoms. The first-order valence-corrected chi connectivity index (χ1v) is 6.76. The van der Waals surface area contributed by atoms with Crippen molar-refractivity contribution in [1.82, 2.24) is 0 Å². The second-order valence-corrected chi connectivity index (χ2v) is 4.67. The van der Waals surface area contributed by atoms with E-state index in [1.807, 2.05) is 0 Å². The topological polar surface area (TPSA) is 89.5 Å². The summed E-state index contributed by atoms with van der Waals surface area (Å²) in [6.45, 7) is 3.57. The van der Waals surface area contributed by atoms with Crippen LogP contribution in [0.4, 0.5) is 30.2 Å². The average Bonchev–Trinajstić information content (AvgIpc) is 2.43. The molecule has 1 aromatic carbocycles. The molecule has 0 unspecified atom stereocenters. The maximum atomic E-state index is 13.1. The third-order valence-electron chi connectivity index (χ3n) is 2.89. The van der Waals surface area contributed by atoms with Crippen molar-refractivity contribution in [3.63, 3.8) is 0 Å². The zero-order valence-electron chi connectivity index (χ0n) is 14.4. The summed E-state index contributed by atoms with van der Waals surface area (Å²) in [6.07, 6.45) is -4.48. The van der Waals surface area contributed by atoms with Crippen molar-refractivity contribution in [1.29, 1.82) is 0 Å². The molecule has 0 aliphatic carbocycles. The van der Waals surface area contributed by atoms with E-state index in [1.165, 1.54) is 4.90 Å². The zero-order chi connectivity index (χ0) is 19.5. The van der Waals surface area contributed by atoms with Crippen LogP contribution in [0.15, 0.2) is 12.1 Å². The quantitative estimate of drug-likeness (QED) is 0.551. The average molecular weight is 337 g/mol. The van der Waals surface area contributed by atoms with E-state index in [0.29, 0.717) is 12.8 Å². The Hall–Kier alpha value is -2.39. The van der Waals surface area contributed by atoms with Gasteiger partial charge in [-0.1, -0.05) is 13.8 Å². The van der Waals surface area contributed by atoms with Crippen LogP contribution < -0.4 is 4.90 Å². The number of nitrogens with zero attached hydrogens (tertiary/aromatic N) is 3. The van der Waals surface area contributed by atoms with E-state index in [0.717, 1.165) is 0 Å². The third-order valence-corrected chi connectivity index (χ3v) is 2.89. The van der Waals surface area contributed by atoms with Crippen molar-refractivity contribution in [2.75, 3.05) is 18.0 Å². The summed E-state index contributed by atoms with van der Waals surface area (Å²) in [5, 5.41) is 22.7.